The molecule has 3 N–H and O–H groups in total. The number of rotatable bonds is 3. The van der Waals surface area contributed by atoms with Gasteiger partial charge < -0.3 is 15.3 Å². The highest BCUT2D eigenvalue weighted by molar-refractivity contribution is 5.44. The van der Waals surface area contributed by atoms with Crippen molar-refractivity contribution in [1.29, 1.82) is 0 Å². The third kappa shape index (κ3) is 2.57. The molecule has 0 spiro atoms. The van der Waals surface area contributed by atoms with Gasteiger partial charge >= 0.3 is 0 Å². The van der Waals surface area contributed by atoms with E-state index >= 15 is 0 Å². The number of benzene rings is 2. The summed E-state index contributed by atoms with van der Waals surface area (Å²) in [4.78, 5) is 0. The molecule has 1 fully saturated rings. The molecule has 2 aromatic rings. The smallest absolute Gasteiger partial charge is 0.116 e. The largest absolute Gasteiger partial charge is 0.508 e. The molecule has 3 heteroatoms. The van der Waals surface area contributed by atoms with Crippen LogP contribution in [0.25, 0.3) is 0 Å². The molecule has 2 aliphatic rings. The molecule has 4 unspecified atom stereocenters. The van der Waals surface area contributed by atoms with Gasteiger partial charge in [-0.1, -0.05) is 49.7 Å². The van der Waals surface area contributed by atoms with Crippen LogP contribution in [0.15, 0.2) is 48.5 Å². The van der Waals surface area contributed by atoms with Crippen molar-refractivity contribution in [1.82, 2.24) is 0 Å². The molecule has 3 nitrogen and oxygen atoms in total. The summed E-state index contributed by atoms with van der Waals surface area (Å²) in [7, 11) is 0. The number of phenols is 1. The molecule has 1 saturated carbocycles. The maximum Gasteiger partial charge on any atom is 0.116 e. The highest BCUT2D eigenvalue weighted by atomic mass is 16.3. The van der Waals surface area contributed by atoms with Crippen LogP contribution in [-0.4, -0.2) is 21.4 Å². The molecule has 0 aliphatic heterocycles. The van der Waals surface area contributed by atoms with Gasteiger partial charge in [-0.3, -0.25) is 0 Å². The zero-order valence-corrected chi connectivity index (χ0v) is 15.4. The Morgan fingerprint density at radius 3 is 2.58 bits per heavy atom. The first-order chi connectivity index (χ1) is 12.5. The van der Waals surface area contributed by atoms with Gasteiger partial charge in [0.1, 0.15) is 11.4 Å². The van der Waals surface area contributed by atoms with E-state index in [4.69, 9.17) is 0 Å². The minimum absolute atomic E-state index is 0.115. The summed E-state index contributed by atoms with van der Waals surface area (Å²) in [5, 5.41) is 32.4. The van der Waals surface area contributed by atoms with E-state index in [1.807, 2.05) is 42.5 Å². The highest BCUT2D eigenvalue weighted by Crippen LogP contribution is 2.57. The number of aromatic hydroxyl groups is 1. The van der Waals surface area contributed by atoms with Gasteiger partial charge in [0.25, 0.3) is 0 Å². The molecule has 4 atom stereocenters. The third-order valence-electron chi connectivity index (χ3n) is 6.81. The van der Waals surface area contributed by atoms with Crippen LogP contribution in [0.1, 0.15) is 55.7 Å². The van der Waals surface area contributed by atoms with Crippen LogP contribution in [-0.2, 0) is 17.4 Å². The highest BCUT2D eigenvalue weighted by Gasteiger charge is 2.55. The Morgan fingerprint density at radius 2 is 1.85 bits per heavy atom. The lowest BCUT2D eigenvalue weighted by Crippen LogP contribution is -2.56. The van der Waals surface area contributed by atoms with Gasteiger partial charge in [-0.25, -0.2) is 0 Å². The minimum Gasteiger partial charge on any atom is -0.508 e. The van der Waals surface area contributed by atoms with Crippen molar-refractivity contribution < 1.29 is 15.3 Å². The average molecular weight is 352 g/mol. The summed E-state index contributed by atoms with van der Waals surface area (Å²) in [5.41, 5.74) is 1.98. The number of phenolic OH excluding ortho intramolecular Hbond substituents is 1. The molecule has 0 amide bonds. The van der Waals surface area contributed by atoms with Gasteiger partial charge in [0.05, 0.1) is 6.10 Å². The zero-order valence-electron chi connectivity index (χ0n) is 15.4. The van der Waals surface area contributed by atoms with Crippen LogP contribution in [0.5, 0.6) is 5.75 Å². The molecule has 2 aromatic carbocycles. The average Bonchev–Trinajstić information content (AvgIpc) is 2.64. The molecule has 4 rings (SSSR count). The van der Waals surface area contributed by atoms with Crippen LogP contribution >= 0.6 is 0 Å². The van der Waals surface area contributed by atoms with E-state index in [1.165, 1.54) is 11.1 Å². The quantitative estimate of drug-likeness (QED) is 0.781. The normalized spacial score (nSPS) is 33.3. The summed E-state index contributed by atoms with van der Waals surface area (Å²) < 4.78 is 0. The van der Waals surface area contributed by atoms with Crippen LogP contribution < -0.4 is 0 Å². The Balaban J connectivity index is 1.78. The number of hydrogen-bond acceptors (Lipinski definition) is 3. The van der Waals surface area contributed by atoms with Crippen molar-refractivity contribution in [2.24, 2.45) is 5.92 Å². The number of aryl methyl sites for hydroxylation is 1. The second-order valence-electron chi connectivity index (χ2n) is 8.20. The van der Waals surface area contributed by atoms with Crippen molar-refractivity contribution in [3.63, 3.8) is 0 Å². The SMILES string of the molecule is CCCC12CC(O)C(O)(c3ccccc3)CC1CCc1cc(O)ccc12. The fraction of sp³-hybridized carbons (Fsp3) is 0.478. The van der Waals surface area contributed by atoms with Gasteiger partial charge in [0.2, 0.25) is 0 Å². The molecule has 0 heterocycles. The minimum atomic E-state index is -1.18. The van der Waals surface area contributed by atoms with Gasteiger partial charge in [0, 0.05) is 5.41 Å². The molecule has 0 radical (unpaired) electrons. The Hall–Kier alpha value is -1.84. The van der Waals surface area contributed by atoms with E-state index < -0.39 is 11.7 Å². The Labute approximate surface area is 155 Å². The van der Waals surface area contributed by atoms with Crippen LogP contribution in [0, 0.1) is 5.92 Å². The first-order valence-corrected chi connectivity index (χ1v) is 9.78. The van der Waals surface area contributed by atoms with E-state index in [-0.39, 0.29) is 5.41 Å². The van der Waals surface area contributed by atoms with Crippen molar-refractivity contribution in [2.45, 2.75) is 62.6 Å². The molecule has 0 saturated heterocycles. The van der Waals surface area contributed by atoms with Crippen LogP contribution in [0.3, 0.4) is 0 Å². The van der Waals surface area contributed by atoms with Crippen molar-refractivity contribution in [2.75, 3.05) is 0 Å². The number of fused-ring (bicyclic) bond motifs is 3. The number of aliphatic hydroxyl groups excluding tert-OH is 1. The monoisotopic (exact) mass is 352 g/mol. The molecular weight excluding hydrogens is 324 g/mol. The third-order valence-corrected chi connectivity index (χ3v) is 6.81. The maximum absolute atomic E-state index is 11.4. The number of hydrogen-bond donors (Lipinski definition) is 3. The summed E-state index contributed by atoms with van der Waals surface area (Å²) >= 11 is 0. The molecule has 2 aliphatic carbocycles. The second-order valence-corrected chi connectivity index (χ2v) is 8.20. The standard InChI is InChI=1S/C23H28O3/c1-2-12-22-15-21(25)23(26,17-6-4-3-5-7-17)14-18(22)9-8-16-13-19(24)10-11-20(16)22/h3-7,10-11,13,18,21,24-26H,2,8-9,12,14-15H2,1H3. The summed E-state index contributed by atoms with van der Waals surface area (Å²) in [6.45, 7) is 2.19. The zero-order chi connectivity index (χ0) is 18.4. The predicted octanol–water partition coefficient (Wildman–Crippen LogP) is 4.04. The molecular formula is C23H28O3. The van der Waals surface area contributed by atoms with Crippen molar-refractivity contribution in [3.8, 4) is 5.75 Å². The molecule has 0 aromatic heterocycles. The van der Waals surface area contributed by atoms with E-state index in [2.05, 4.69) is 6.92 Å². The maximum atomic E-state index is 11.4. The van der Waals surface area contributed by atoms with Crippen LogP contribution in [0.2, 0.25) is 0 Å². The lowest BCUT2D eigenvalue weighted by Gasteiger charge is -2.55. The lowest BCUT2D eigenvalue weighted by molar-refractivity contribution is -0.147. The van der Waals surface area contributed by atoms with Crippen molar-refractivity contribution in [3.05, 3.63) is 65.2 Å². The van der Waals surface area contributed by atoms with Gasteiger partial charge in [-0.05, 0) is 66.8 Å². The van der Waals surface area contributed by atoms with E-state index in [0.717, 1.165) is 31.2 Å². The Bertz CT molecular complexity index is 787. The topological polar surface area (TPSA) is 60.7 Å². The van der Waals surface area contributed by atoms with E-state index in [9.17, 15) is 15.3 Å². The summed E-state index contributed by atoms with van der Waals surface area (Å²) in [6.07, 6.45) is 4.28. The van der Waals surface area contributed by atoms with Crippen LogP contribution in [0.4, 0.5) is 0 Å². The lowest BCUT2D eigenvalue weighted by atomic mass is 9.51. The molecule has 138 valence electrons. The Morgan fingerprint density at radius 1 is 1.08 bits per heavy atom. The Kier molecular flexibility index (Phi) is 4.32. The first-order valence-electron chi connectivity index (χ1n) is 9.78. The van der Waals surface area contributed by atoms with Crippen molar-refractivity contribution >= 4 is 0 Å². The predicted molar refractivity (Wildman–Crippen MR) is 102 cm³/mol. The molecule has 26 heavy (non-hydrogen) atoms. The van der Waals surface area contributed by atoms with Gasteiger partial charge in [0.15, 0.2) is 0 Å². The molecule has 0 bridgehead atoms. The van der Waals surface area contributed by atoms with Gasteiger partial charge in [-0.15, -0.1) is 0 Å². The summed E-state index contributed by atoms with van der Waals surface area (Å²) in [5.74, 6) is 0.638. The van der Waals surface area contributed by atoms with Gasteiger partial charge in [-0.2, -0.15) is 0 Å². The summed E-state index contributed by atoms with van der Waals surface area (Å²) in [6, 6.07) is 15.3. The fourth-order valence-electron chi connectivity index (χ4n) is 5.62. The fourth-order valence-corrected chi connectivity index (χ4v) is 5.62. The van der Waals surface area contributed by atoms with E-state index in [1.54, 1.807) is 6.07 Å². The number of aliphatic hydroxyl groups is 2. The second kappa shape index (κ2) is 6.40. The van der Waals surface area contributed by atoms with E-state index in [0.29, 0.717) is 24.5 Å². The first kappa shape index (κ1) is 17.6.